The summed E-state index contributed by atoms with van der Waals surface area (Å²) in [7, 11) is 3.11. The van der Waals surface area contributed by atoms with Crippen molar-refractivity contribution < 1.29 is 14.3 Å². The molecule has 0 saturated heterocycles. The highest BCUT2D eigenvalue weighted by molar-refractivity contribution is 6.03. The molecule has 1 atom stereocenters. The second-order valence-electron chi connectivity index (χ2n) is 6.85. The first kappa shape index (κ1) is 18.7. The number of hydrogen-bond donors (Lipinski definition) is 1. The van der Waals surface area contributed by atoms with Gasteiger partial charge in [-0.25, -0.2) is 0 Å². The molecule has 0 bridgehead atoms. The van der Waals surface area contributed by atoms with Crippen molar-refractivity contribution in [2.75, 3.05) is 24.4 Å². The van der Waals surface area contributed by atoms with Crippen molar-refractivity contribution in [3.8, 4) is 11.5 Å². The van der Waals surface area contributed by atoms with Crippen molar-refractivity contribution in [2.45, 2.75) is 19.4 Å². The highest BCUT2D eigenvalue weighted by atomic mass is 16.5. The van der Waals surface area contributed by atoms with Crippen molar-refractivity contribution in [1.29, 1.82) is 0 Å². The van der Waals surface area contributed by atoms with Crippen LogP contribution in [0.2, 0.25) is 0 Å². The monoisotopic (exact) mass is 390 g/mol. The lowest BCUT2D eigenvalue weighted by Crippen LogP contribution is -2.25. The number of aromatic nitrogens is 2. The van der Waals surface area contributed by atoms with Crippen LogP contribution in [0.4, 0.5) is 17.2 Å². The zero-order valence-electron chi connectivity index (χ0n) is 16.5. The van der Waals surface area contributed by atoms with E-state index in [-0.39, 0.29) is 17.6 Å². The fourth-order valence-corrected chi connectivity index (χ4v) is 3.60. The lowest BCUT2D eigenvalue weighted by molar-refractivity contribution is 0.102. The quantitative estimate of drug-likeness (QED) is 0.714. The molecule has 1 unspecified atom stereocenters. The fraction of sp³-hybridized carbons (Fsp3) is 0.227. The predicted molar refractivity (Wildman–Crippen MR) is 111 cm³/mol. The van der Waals surface area contributed by atoms with Gasteiger partial charge in [0.05, 0.1) is 14.2 Å². The molecule has 0 saturated carbocycles. The Morgan fingerprint density at radius 2 is 1.83 bits per heavy atom. The second-order valence-corrected chi connectivity index (χ2v) is 6.85. The van der Waals surface area contributed by atoms with E-state index in [0.717, 1.165) is 17.9 Å². The van der Waals surface area contributed by atoms with Crippen molar-refractivity contribution in [3.05, 3.63) is 65.9 Å². The topological polar surface area (TPSA) is 76.6 Å². The van der Waals surface area contributed by atoms with E-state index in [1.54, 1.807) is 38.5 Å². The standard InChI is InChI=1S/C22H22N4O3/c1-14-12-15-6-4-5-7-18(15)26(14)21-11-9-17(24-25-21)22(27)23-16-8-10-19(28-2)20(13-16)29-3/h4-11,13-14H,12H2,1-3H3,(H,23,27). The summed E-state index contributed by atoms with van der Waals surface area (Å²) in [6.45, 7) is 2.15. The number of benzene rings is 2. The van der Waals surface area contributed by atoms with Gasteiger partial charge in [-0.1, -0.05) is 18.2 Å². The zero-order valence-corrected chi connectivity index (χ0v) is 16.5. The third kappa shape index (κ3) is 3.59. The van der Waals surface area contributed by atoms with E-state index in [2.05, 4.69) is 39.5 Å². The zero-order chi connectivity index (χ0) is 20.4. The molecule has 0 spiro atoms. The largest absolute Gasteiger partial charge is 0.493 e. The van der Waals surface area contributed by atoms with Gasteiger partial charge in [-0.05, 0) is 49.2 Å². The Kier molecular flexibility index (Phi) is 5.03. The molecule has 7 nitrogen and oxygen atoms in total. The van der Waals surface area contributed by atoms with Crippen LogP contribution in [0.5, 0.6) is 11.5 Å². The summed E-state index contributed by atoms with van der Waals surface area (Å²) in [4.78, 5) is 14.7. The molecule has 1 aromatic heterocycles. The van der Waals surface area contributed by atoms with Crippen molar-refractivity contribution >= 4 is 23.1 Å². The summed E-state index contributed by atoms with van der Waals surface area (Å²) in [5.41, 5.74) is 3.25. The Balaban J connectivity index is 1.52. The third-order valence-corrected chi connectivity index (χ3v) is 4.98. The summed E-state index contributed by atoms with van der Waals surface area (Å²) in [6.07, 6.45) is 0.958. The van der Waals surface area contributed by atoms with Gasteiger partial charge in [0.1, 0.15) is 0 Å². The molecule has 0 fully saturated rings. The lowest BCUT2D eigenvalue weighted by Gasteiger charge is -2.23. The fourth-order valence-electron chi connectivity index (χ4n) is 3.60. The Morgan fingerprint density at radius 3 is 2.55 bits per heavy atom. The highest BCUT2D eigenvalue weighted by Crippen LogP contribution is 2.36. The highest BCUT2D eigenvalue weighted by Gasteiger charge is 2.28. The average Bonchev–Trinajstić information content (AvgIpc) is 3.09. The third-order valence-electron chi connectivity index (χ3n) is 4.98. The van der Waals surface area contributed by atoms with Gasteiger partial charge in [-0.15, -0.1) is 10.2 Å². The number of hydrogen-bond acceptors (Lipinski definition) is 6. The van der Waals surface area contributed by atoms with Gasteiger partial charge in [0.15, 0.2) is 23.0 Å². The van der Waals surface area contributed by atoms with Crippen LogP contribution in [0.1, 0.15) is 23.0 Å². The molecule has 1 aliphatic rings. The van der Waals surface area contributed by atoms with E-state index in [4.69, 9.17) is 9.47 Å². The molecule has 4 rings (SSSR count). The Hall–Kier alpha value is -3.61. The van der Waals surface area contributed by atoms with Gasteiger partial charge < -0.3 is 19.7 Å². The number of nitrogens with one attached hydrogen (secondary N) is 1. The Bertz CT molecular complexity index is 1040. The summed E-state index contributed by atoms with van der Waals surface area (Å²) in [5.74, 6) is 1.51. The number of carbonyl (C=O) groups excluding carboxylic acids is 1. The molecule has 148 valence electrons. The normalized spacial score (nSPS) is 15.0. The number of ether oxygens (including phenoxy) is 2. The maximum Gasteiger partial charge on any atom is 0.276 e. The number of amides is 1. The molecular formula is C22H22N4O3. The first-order valence-corrected chi connectivity index (χ1v) is 9.35. The number of methoxy groups -OCH3 is 2. The first-order chi connectivity index (χ1) is 14.1. The van der Waals surface area contributed by atoms with Crippen molar-refractivity contribution in [3.63, 3.8) is 0 Å². The van der Waals surface area contributed by atoms with Crippen LogP contribution >= 0.6 is 0 Å². The van der Waals surface area contributed by atoms with Crippen molar-refractivity contribution in [1.82, 2.24) is 10.2 Å². The molecule has 2 heterocycles. The number of para-hydroxylation sites is 1. The summed E-state index contributed by atoms with van der Waals surface area (Å²) in [5, 5.41) is 11.3. The van der Waals surface area contributed by atoms with Crippen LogP contribution in [0.3, 0.4) is 0 Å². The number of carbonyl (C=O) groups is 1. The minimum Gasteiger partial charge on any atom is -0.493 e. The molecule has 7 heteroatoms. The summed E-state index contributed by atoms with van der Waals surface area (Å²) < 4.78 is 10.5. The van der Waals surface area contributed by atoms with Crippen molar-refractivity contribution in [2.24, 2.45) is 0 Å². The number of fused-ring (bicyclic) bond motifs is 1. The number of anilines is 3. The van der Waals surface area contributed by atoms with E-state index in [9.17, 15) is 4.79 Å². The Morgan fingerprint density at radius 1 is 1.03 bits per heavy atom. The van der Waals surface area contributed by atoms with Crippen LogP contribution in [-0.4, -0.2) is 36.4 Å². The molecule has 0 aliphatic carbocycles. The van der Waals surface area contributed by atoms with Gasteiger partial charge in [0.2, 0.25) is 0 Å². The van der Waals surface area contributed by atoms with E-state index >= 15 is 0 Å². The van der Waals surface area contributed by atoms with E-state index < -0.39 is 0 Å². The van der Waals surface area contributed by atoms with Crippen LogP contribution < -0.4 is 19.7 Å². The maximum absolute atomic E-state index is 12.6. The van der Waals surface area contributed by atoms with Gasteiger partial charge in [-0.2, -0.15) is 0 Å². The Labute approximate surface area is 169 Å². The van der Waals surface area contributed by atoms with Gasteiger partial charge in [0, 0.05) is 23.5 Å². The average molecular weight is 390 g/mol. The van der Waals surface area contributed by atoms with Crippen LogP contribution in [-0.2, 0) is 6.42 Å². The van der Waals surface area contributed by atoms with Gasteiger partial charge in [0.25, 0.3) is 5.91 Å². The molecule has 2 aromatic carbocycles. The van der Waals surface area contributed by atoms with Gasteiger partial charge >= 0.3 is 0 Å². The minimum atomic E-state index is -0.342. The number of rotatable bonds is 5. The van der Waals surface area contributed by atoms with Gasteiger partial charge in [-0.3, -0.25) is 4.79 Å². The number of nitrogens with zero attached hydrogens (tertiary/aromatic N) is 3. The van der Waals surface area contributed by atoms with E-state index in [1.165, 1.54) is 5.56 Å². The predicted octanol–water partition coefficient (Wildman–Crippen LogP) is 3.83. The first-order valence-electron chi connectivity index (χ1n) is 9.35. The lowest BCUT2D eigenvalue weighted by atomic mass is 10.1. The summed E-state index contributed by atoms with van der Waals surface area (Å²) >= 11 is 0. The maximum atomic E-state index is 12.6. The molecule has 0 radical (unpaired) electrons. The van der Waals surface area contributed by atoms with E-state index in [1.807, 2.05) is 18.2 Å². The van der Waals surface area contributed by atoms with Crippen LogP contribution in [0.15, 0.2) is 54.6 Å². The molecule has 1 N–H and O–H groups in total. The molecular weight excluding hydrogens is 368 g/mol. The molecule has 3 aromatic rings. The van der Waals surface area contributed by atoms with Crippen LogP contribution in [0, 0.1) is 0 Å². The summed E-state index contributed by atoms with van der Waals surface area (Å²) in [6, 6.07) is 17.2. The van der Waals surface area contributed by atoms with E-state index in [0.29, 0.717) is 17.2 Å². The SMILES string of the molecule is COc1ccc(NC(=O)c2ccc(N3c4ccccc4CC3C)nn2)cc1OC. The van der Waals surface area contributed by atoms with Crippen LogP contribution in [0.25, 0.3) is 0 Å². The minimum absolute atomic E-state index is 0.240. The molecule has 1 aliphatic heterocycles. The second kappa shape index (κ2) is 7.79. The molecule has 29 heavy (non-hydrogen) atoms. The molecule has 1 amide bonds. The smallest absolute Gasteiger partial charge is 0.276 e.